The summed E-state index contributed by atoms with van der Waals surface area (Å²) in [5, 5.41) is 11.2. The summed E-state index contributed by atoms with van der Waals surface area (Å²) in [4.78, 5) is 0. The first kappa shape index (κ1) is 21.7. The molecule has 11 rings (SSSR count). The van der Waals surface area contributed by atoms with Gasteiger partial charge in [0.2, 0.25) is 12.1 Å². The third-order valence-corrected chi connectivity index (χ3v) is 9.16. The quantitative estimate of drug-likeness (QED) is 0.249. The Balaban J connectivity index is 1.28. The molecule has 3 aliphatic rings. The van der Waals surface area contributed by atoms with E-state index in [-0.39, 0.29) is 0 Å². The van der Waals surface area contributed by atoms with Gasteiger partial charge in [0, 0.05) is 22.4 Å². The van der Waals surface area contributed by atoms with Gasteiger partial charge < -0.3 is 9.15 Å². The van der Waals surface area contributed by atoms with Crippen LogP contribution in [0.3, 0.4) is 0 Å². The highest BCUT2D eigenvalue weighted by Crippen LogP contribution is 2.55. The molecule has 4 aromatic carbocycles. The molecule has 0 radical (unpaired) electrons. The minimum Gasteiger partial charge on any atom is -0.456 e. The Kier molecular flexibility index (Phi) is 3.65. The van der Waals surface area contributed by atoms with E-state index in [0.29, 0.717) is 11.8 Å². The van der Waals surface area contributed by atoms with Crippen molar-refractivity contribution in [3.63, 3.8) is 0 Å². The summed E-state index contributed by atoms with van der Waals surface area (Å²) >= 11 is 0. The SMILES string of the molecule is c1ccc(-c2nnc(-c3cn4[n+](c3)C35c6c(cccc6-4)Oc4ccc6c7ccccc7n(c6c43)-c3cccc[n+]35)o2)cc1. The molecule has 0 amide bonds. The molecule has 8 heteroatoms. The van der Waals surface area contributed by atoms with Crippen molar-refractivity contribution in [1.82, 2.24) is 19.4 Å². The van der Waals surface area contributed by atoms with Crippen LogP contribution >= 0.6 is 0 Å². The molecule has 0 bridgehead atoms. The van der Waals surface area contributed by atoms with Gasteiger partial charge in [0.25, 0.3) is 11.7 Å². The fourth-order valence-corrected chi connectivity index (χ4v) is 7.56. The van der Waals surface area contributed by atoms with Crippen molar-refractivity contribution in [3.05, 3.63) is 133 Å². The maximum Gasteiger partial charge on any atom is 0.397 e. The Labute approximate surface area is 243 Å². The zero-order valence-electron chi connectivity index (χ0n) is 22.5. The molecule has 0 aliphatic carbocycles. The molecule has 7 heterocycles. The first-order chi connectivity index (χ1) is 21.3. The van der Waals surface area contributed by atoms with Crippen molar-refractivity contribution in [1.29, 1.82) is 0 Å². The Morgan fingerprint density at radius 1 is 0.674 bits per heavy atom. The molecule has 8 nitrogen and oxygen atoms in total. The Hall–Kier alpha value is -6.02. The highest BCUT2D eigenvalue weighted by atomic mass is 16.5. The number of para-hydroxylation sites is 1. The molecule has 0 saturated heterocycles. The van der Waals surface area contributed by atoms with Crippen LogP contribution in [0.2, 0.25) is 0 Å². The van der Waals surface area contributed by atoms with Gasteiger partial charge in [0.1, 0.15) is 33.8 Å². The third-order valence-electron chi connectivity index (χ3n) is 9.16. The number of hydrogen-bond acceptors (Lipinski definition) is 4. The van der Waals surface area contributed by atoms with Crippen LogP contribution in [0.5, 0.6) is 11.5 Å². The monoisotopic (exact) mass is 556 g/mol. The average Bonchev–Trinajstić information content (AvgIpc) is 3.84. The van der Waals surface area contributed by atoms with Crippen molar-refractivity contribution in [2.75, 3.05) is 0 Å². The minimum absolute atomic E-state index is 0.469. The van der Waals surface area contributed by atoms with E-state index in [1.807, 2.05) is 30.3 Å². The highest BCUT2D eigenvalue weighted by Gasteiger charge is 2.68. The fraction of sp³-hybridized carbons (Fsp3) is 0.0286. The molecule has 1 atom stereocenters. The number of ether oxygens (including phenoxy) is 1. The largest absolute Gasteiger partial charge is 0.456 e. The van der Waals surface area contributed by atoms with Gasteiger partial charge in [-0.05, 0) is 54.6 Å². The van der Waals surface area contributed by atoms with Crippen LogP contribution < -0.4 is 14.0 Å². The van der Waals surface area contributed by atoms with Gasteiger partial charge in [0.05, 0.1) is 12.4 Å². The maximum atomic E-state index is 6.72. The molecule has 0 fully saturated rings. The number of hydrogen-bond donors (Lipinski definition) is 0. The van der Waals surface area contributed by atoms with Crippen LogP contribution in [-0.4, -0.2) is 19.4 Å². The van der Waals surface area contributed by atoms with Crippen molar-refractivity contribution >= 4 is 21.8 Å². The number of aromatic nitrogens is 6. The molecular weight excluding hydrogens is 536 g/mol. The molecule has 0 saturated carbocycles. The second kappa shape index (κ2) is 7.24. The maximum absolute atomic E-state index is 6.72. The summed E-state index contributed by atoms with van der Waals surface area (Å²) in [6.45, 7) is 0. The van der Waals surface area contributed by atoms with Crippen LogP contribution in [0.4, 0.5) is 0 Å². The van der Waals surface area contributed by atoms with Gasteiger partial charge in [0.15, 0.2) is 11.1 Å². The number of pyridine rings is 1. The van der Waals surface area contributed by atoms with Gasteiger partial charge in [-0.2, -0.15) is 9.13 Å². The molecule has 200 valence electrons. The lowest BCUT2D eigenvalue weighted by Crippen LogP contribution is -2.76. The highest BCUT2D eigenvalue weighted by molar-refractivity contribution is 6.11. The van der Waals surface area contributed by atoms with E-state index in [4.69, 9.17) is 9.15 Å². The van der Waals surface area contributed by atoms with Crippen LogP contribution in [0.15, 0.2) is 126 Å². The first-order valence-corrected chi connectivity index (χ1v) is 14.3. The van der Waals surface area contributed by atoms with Crippen LogP contribution in [0.25, 0.3) is 56.2 Å². The normalized spacial score (nSPS) is 16.7. The molecule has 8 aromatic rings. The van der Waals surface area contributed by atoms with Crippen molar-refractivity contribution in [3.8, 4) is 45.9 Å². The Morgan fingerprint density at radius 2 is 1.49 bits per heavy atom. The van der Waals surface area contributed by atoms with Crippen molar-refractivity contribution in [2.24, 2.45) is 0 Å². The summed E-state index contributed by atoms with van der Waals surface area (Å²) in [5.74, 6) is 3.73. The summed E-state index contributed by atoms with van der Waals surface area (Å²) in [6, 6.07) is 35.5. The molecular formula is C35H20N6O2+2. The molecule has 1 spiro atoms. The summed E-state index contributed by atoms with van der Waals surface area (Å²) in [6.07, 6.45) is 6.39. The third kappa shape index (κ3) is 2.39. The van der Waals surface area contributed by atoms with Gasteiger partial charge >= 0.3 is 5.66 Å². The van der Waals surface area contributed by atoms with E-state index in [0.717, 1.165) is 56.3 Å². The lowest BCUT2D eigenvalue weighted by atomic mass is 9.84. The fourth-order valence-electron chi connectivity index (χ4n) is 7.56. The lowest BCUT2D eigenvalue weighted by molar-refractivity contribution is -0.993. The van der Waals surface area contributed by atoms with E-state index < -0.39 is 5.66 Å². The van der Waals surface area contributed by atoms with Gasteiger partial charge in [-0.15, -0.1) is 14.9 Å². The van der Waals surface area contributed by atoms with Crippen LogP contribution in [-0.2, 0) is 5.66 Å². The number of benzene rings is 4. The van der Waals surface area contributed by atoms with E-state index in [1.54, 1.807) is 0 Å². The minimum atomic E-state index is -0.749. The smallest absolute Gasteiger partial charge is 0.397 e. The predicted octanol–water partition coefficient (Wildman–Crippen LogP) is 5.90. The molecule has 3 aliphatic heterocycles. The molecule has 0 N–H and O–H groups in total. The molecule has 4 aromatic heterocycles. The summed E-state index contributed by atoms with van der Waals surface area (Å²) in [7, 11) is 0. The van der Waals surface area contributed by atoms with Crippen LogP contribution in [0, 0.1) is 0 Å². The number of nitrogens with zero attached hydrogens (tertiary/aromatic N) is 6. The predicted molar refractivity (Wildman–Crippen MR) is 157 cm³/mol. The number of fused-ring (bicyclic) bond motifs is 7. The summed E-state index contributed by atoms with van der Waals surface area (Å²) in [5.41, 5.74) is 6.54. The average molecular weight is 557 g/mol. The topological polar surface area (TPSA) is 65.8 Å². The number of rotatable bonds is 2. The second-order valence-electron chi connectivity index (χ2n) is 11.2. The first-order valence-electron chi connectivity index (χ1n) is 14.3. The van der Waals surface area contributed by atoms with Crippen molar-refractivity contribution < 1.29 is 18.4 Å². The summed E-state index contributed by atoms with van der Waals surface area (Å²) < 4.78 is 22.2. The van der Waals surface area contributed by atoms with Gasteiger partial charge in [-0.3, -0.25) is 0 Å². The standard InChI is InChI=1S/C35H20N6O2/c1-2-9-21(10-3-1)33-36-37-34(43-33)22-19-39-26-13-8-14-27-30(26)35(40(39)20-22)31-28(42-27)17-16-24-23-11-4-5-12-25(23)41(32(24)31)29-15-6-7-18-38(29)35/h1-20H/q+2. The zero-order valence-corrected chi connectivity index (χ0v) is 22.5. The Bertz CT molecular complexity index is 2510. The van der Waals surface area contributed by atoms with Gasteiger partial charge in [-0.1, -0.05) is 47.1 Å². The zero-order chi connectivity index (χ0) is 27.9. The Morgan fingerprint density at radius 3 is 2.42 bits per heavy atom. The second-order valence-corrected chi connectivity index (χ2v) is 11.2. The van der Waals surface area contributed by atoms with Crippen molar-refractivity contribution in [2.45, 2.75) is 5.66 Å². The molecule has 43 heavy (non-hydrogen) atoms. The lowest BCUT2D eigenvalue weighted by Gasteiger charge is -2.32. The van der Waals surface area contributed by atoms with Crippen LogP contribution in [0.1, 0.15) is 11.1 Å². The molecule has 1 unspecified atom stereocenters. The van der Waals surface area contributed by atoms with E-state index >= 15 is 0 Å². The van der Waals surface area contributed by atoms with E-state index in [2.05, 4.69) is 120 Å². The van der Waals surface area contributed by atoms with E-state index in [1.165, 1.54) is 10.8 Å². The van der Waals surface area contributed by atoms with Gasteiger partial charge in [-0.25, -0.2) is 0 Å². The van der Waals surface area contributed by atoms with E-state index in [9.17, 15) is 0 Å².